The first kappa shape index (κ1) is 17.0. The maximum Gasteiger partial charge on any atom is 0.251 e. The molecule has 2 fully saturated rings. The van der Waals surface area contributed by atoms with Crippen LogP contribution < -0.4 is 10.6 Å². The first-order chi connectivity index (χ1) is 11.5. The Morgan fingerprint density at radius 1 is 0.792 bits per heavy atom. The molecule has 0 spiro atoms. The van der Waals surface area contributed by atoms with Crippen LogP contribution in [0.5, 0.6) is 0 Å². The normalized spacial score (nSPS) is 23.3. The van der Waals surface area contributed by atoms with Crippen molar-refractivity contribution >= 4 is 45.6 Å². The second-order valence-corrected chi connectivity index (χ2v) is 7.74. The van der Waals surface area contributed by atoms with Gasteiger partial charge in [0.05, 0.1) is 12.1 Å². The molecule has 0 aliphatic carbocycles. The van der Waals surface area contributed by atoms with Gasteiger partial charge >= 0.3 is 0 Å². The summed E-state index contributed by atoms with van der Waals surface area (Å²) in [6.07, 6.45) is 1.28. The highest BCUT2D eigenvalue weighted by atomic mass is 32.2. The maximum atomic E-state index is 12.1. The van der Waals surface area contributed by atoms with E-state index in [0.29, 0.717) is 24.0 Å². The lowest BCUT2D eigenvalue weighted by Crippen LogP contribution is -2.37. The molecular weight excluding hydrogens is 348 g/mol. The highest BCUT2D eigenvalue weighted by Crippen LogP contribution is 2.21. The Hall–Kier alpha value is -1.80. The smallest absolute Gasteiger partial charge is 0.251 e. The van der Waals surface area contributed by atoms with Gasteiger partial charge in [-0.3, -0.25) is 19.2 Å². The van der Waals surface area contributed by atoms with Crippen LogP contribution in [0.3, 0.4) is 0 Å². The van der Waals surface area contributed by atoms with Crippen molar-refractivity contribution in [3.8, 4) is 0 Å². The van der Waals surface area contributed by atoms with Gasteiger partial charge in [0.1, 0.15) is 0 Å². The van der Waals surface area contributed by atoms with E-state index < -0.39 is 12.1 Å². The summed E-state index contributed by atoms with van der Waals surface area (Å²) in [5, 5.41) is 5.37. The van der Waals surface area contributed by atoms with E-state index in [4.69, 9.17) is 0 Å². The van der Waals surface area contributed by atoms with Gasteiger partial charge in [-0.25, -0.2) is 0 Å². The quantitative estimate of drug-likeness (QED) is 0.834. The predicted octanol–water partition coefficient (Wildman–Crippen LogP) is 1.21. The maximum absolute atomic E-state index is 12.1. The molecule has 3 rings (SSSR count). The van der Waals surface area contributed by atoms with Gasteiger partial charge in [-0.1, -0.05) is 23.5 Å². The monoisotopic (exact) mass is 364 g/mol. The Labute approximate surface area is 147 Å². The highest BCUT2D eigenvalue weighted by Gasteiger charge is 2.28. The second kappa shape index (κ2) is 7.40. The fraction of sp³-hybridized carbons (Fsp3) is 0.375. The van der Waals surface area contributed by atoms with Crippen LogP contribution in [0.4, 0.5) is 0 Å². The number of nitrogens with one attached hydrogen (secondary N) is 2. The van der Waals surface area contributed by atoms with Crippen LogP contribution in [-0.4, -0.2) is 45.6 Å². The zero-order valence-corrected chi connectivity index (χ0v) is 14.4. The van der Waals surface area contributed by atoms with Gasteiger partial charge in [-0.05, 0) is 37.1 Å². The summed E-state index contributed by atoms with van der Waals surface area (Å²) in [6.45, 7) is 0. The van der Waals surface area contributed by atoms with Crippen LogP contribution in [0.25, 0.3) is 0 Å². The molecule has 2 N–H and O–H groups in total. The number of benzene rings is 1. The van der Waals surface area contributed by atoms with Crippen molar-refractivity contribution in [1.29, 1.82) is 0 Å². The molecular formula is C16H16N2O4S2. The molecule has 0 unspecified atom stereocenters. The van der Waals surface area contributed by atoms with Crippen LogP contribution in [0, 0.1) is 0 Å². The average Bonchev–Trinajstić information content (AvgIpc) is 3.16. The molecule has 0 bridgehead atoms. The minimum Gasteiger partial charge on any atom is -0.341 e. The van der Waals surface area contributed by atoms with E-state index in [0.717, 1.165) is 11.5 Å². The molecule has 2 aliphatic heterocycles. The van der Waals surface area contributed by atoms with Gasteiger partial charge in [-0.2, -0.15) is 0 Å². The fourth-order valence-corrected chi connectivity index (χ4v) is 4.38. The lowest BCUT2D eigenvalue weighted by atomic mass is 10.1. The van der Waals surface area contributed by atoms with Crippen LogP contribution in [0.2, 0.25) is 0 Å². The molecule has 0 aromatic heterocycles. The SMILES string of the molecule is O=C(N[C@@H]1CCSC1=O)c1ccc(C(=O)N[C@@H]2CCSC2=O)cc1. The molecule has 6 nitrogen and oxygen atoms in total. The Balaban J connectivity index is 1.60. The Morgan fingerprint density at radius 3 is 1.46 bits per heavy atom. The molecule has 0 saturated carbocycles. The fourth-order valence-electron chi connectivity index (χ4n) is 2.51. The summed E-state index contributed by atoms with van der Waals surface area (Å²) < 4.78 is 0. The molecule has 1 aromatic rings. The lowest BCUT2D eigenvalue weighted by Gasteiger charge is -2.12. The van der Waals surface area contributed by atoms with Crippen LogP contribution in [-0.2, 0) is 9.59 Å². The summed E-state index contributed by atoms with van der Waals surface area (Å²) in [5.74, 6) is 0.789. The molecule has 2 aliphatic rings. The predicted molar refractivity (Wildman–Crippen MR) is 93.1 cm³/mol. The first-order valence-corrected chi connectivity index (χ1v) is 9.57. The number of thioether (sulfide) groups is 2. The molecule has 1 aromatic carbocycles. The highest BCUT2D eigenvalue weighted by molar-refractivity contribution is 8.14. The minimum atomic E-state index is -0.434. The van der Waals surface area contributed by atoms with Crippen LogP contribution >= 0.6 is 23.5 Å². The second-order valence-electron chi connectivity index (χ2n) is 5.54. The summed E-state index contributed by atoms with van der Waals surface area (Å²) in [6, 6.07) is 5.31. The summed E-state index contributed by atoms with van der Waals surface area (Å²) >= 11 is 2.46. The lowest BCUT2D eigenvalue weighted by molar-refractivity contribution is -0.112. The van der Waals surface area contributed by atoms with E-state index in [2.05, 4.69) is 10.6 Å². The van der Waals surface area contributed by atoms with Gasteiger partial charge < -0.3 is 10.6 Å². The molecule has 24 heavy (non-hydrogen) atoms. The molecule has 2 saturated heterocycles. The van der Waals surface area contributed by atoms with E-state index in [1.54, 1.807) is 24.3 Å². The third-order valence-electron chi connectivity index (χ3n) is 3.89. The summed E-state index contributed by atoms with van der Waals surface area (Å²) in [4.78, 5) is 47.3. The number of hydrogen-bond acceptors (Lipinski definition) is 6. The first-order valence-electron chi connectivity index (χ1n) is 7.59. The molecule has 126 valence electrons. The van der Waals surface area contributed by atoms with Gasteiger partial charge in [0.2, 0.25) is 10.2 Å². The van der Waals surface area contributed by atoms with Gasteiger partial charge in [0, 0.05) is 22.6 Å². The Bertz CT molecular complexity index is 631. The van der Waals surface area contributed by atoms with Crippen molar-refractivity contribution in [3.63, 3.8) is 0 Å². The molecule has 2 heterocycles. The Kier molecular flexibility index (Phi) is 5.25. The minimum absolute atomic E-state index is 0.0153. The van der Waals surface area contributed by atoms with Crippen molar-refractivity contribution < 1.29 is 19.2 Å². The van der Waals surface area contributed by atoms with Crippen molar-refractivity contribution in [1.82, 2.24) is 10.6 Å². The third kappa shape index (κ3) is 3.81. The van der Waals surface area contributed by atoms with Gasteiger partial charge in [-0.15, -0.1) is 0 Å². The number of rotatable bonds is 4. The van der Waals surface area contributed by atoms with Crippen molar-refractivity contribution in [2.45, 2.75) is 24.9 Å². The van der Waals surface area contributed by atoms with Crippen LogP contribution in [0.1, 0.15) is 33.6 Å². The van der Waals surface area contributed by atoms with Crippen molar-refractivity contribution in [2.75, 3.05) is 11.5 Å². The van der Waals surface area contributed by atoms with E-state index in [1.807, 2.05) is 0 Å². The standard InChI is InChI=1S/C16H16N2O4S2/c19-13(17-11-5-7-23-15(11)21)9-1-2-10(4-3-9)14(20)18-12-6-8-24-16(12)22/h1-4,11-12H,5-8H2,(H,17,19)(H,18,20)/t11-,12-/m1/s1. The average molecular weight is 364 g/mol. The molecule has 2 atom stereocenters. The summed E-state index contributed by atoms with van der Waals surface area (Å²) in [5.41, 5.74) is 0.785. The number of carbonyl (C=O) groups excluding carboxylic acids is 4. The van der Waals surface area contributed by atoms with E-state index >= 15 is 0 Å². The van der Waals surface area contributed by atoms with Gasteiger partial charge in [0.15, 0.2) is 0 Å². The summed E-state index contributed by atoms with van der Waals surface area (Å²) in [7, 11) is 0. The van der Waals surface area contributed by atoms with Crippen molar-refractivity contribution in [2.24, 2.45) is 0 Å². The molecule has 8 heteroatoms. The topological polar surface area (TPSA) is 92.3 Å². The number of amides is 2. The van der Waals surface area contributed by atoms with E-state index in [9.17, 15) is 19.2 Å². The molecule has 0 radical (unpaired) electrons. The zero-order valence-electron chi connectivity index (χ0n) is 12.7. The zero-order chi connectivity index (χ0) is 17.1. The Morgan fingerprint density at radius 2 is 1.17 bits per heavy atom. The van der Waals surface area contributed by atoms with Crippen molar-refractivity contribution in [3.05, 3.63) is 35.4 Å². The third-order valence-corrected chi connectivity index (χ3v) is 5.91. The number of carbonyl (C=O) groups is 4. The van der Waals surface area contributed by atoms with E-state index in [-0.39, 0.29) is 22.0 Å². The number of hydrogen-bond donors (Lipinski definition) is 2. The van der Waals surface area contributed by atoms with E-state index in [1.165, 1.54) is 23.5 Å². The van der Waals surface area contributed by atoms with Crippen LogP contribution in [0.15, 0.2) is 24.3 Å². The largest absolute Gasteiger partial charge is 0.341 e. The van der Waals surface area contributed by atoms with Gasteiger partial charge in [0.25, 0.3) is 11.8 Å². The molecule has 2 amide bonds.